The van der Waals surface area contributed by atoms with Crippen LogP contribution in [0.25, 0.3) is 0 Å². The zero-order chi connectivity index (χ0) is 25.7. The van der Waals surface area contributed by atoms with Crippen molar-refractivity contribution in [2.75, 3.05) is 6.54 Å². The summed E-state index contributed by atoms with van der Waals surface area (Å²) in [6.45, 7) is 10.6. The number of hydrogen-bond acceptors (Lipinski definition) is 7. The minimum absolute atomic E-state index is 0.0879. The zero-order valence-corrected chi connectivity index (χ0v) is 21.6. The molecule has 4 unspecified atom stereocenters. The van der Waals surface area contributed by atoms with Crippen LogP contribution in [0.4, 0.5) is 4.79 Å². The van der Waals surface area contributed by atoms with Gasteiger partial charge in [0.25, 0.3) is 10.0 Å². The van der Waals surface area contributed by atoms with Gasteiger partial charge in [0.15, 0.2) is 5.03 Å². The molecule has 1 saturated heterocycles. The van der Waals surface area contributed by atoms with Gasteiger partial charge in [-0.25, -0.2) is 18.2 Å². The summed E-state index contributed by atoms with van der Waals surface area (Å²) in [6.07, 6.45) is 0.766. The van der Waals surface area contributed by atoms with Crippen LogP contribution in [0.15, 0.2) is 29.4 Å². The normalized spacial score (nSPS) is 23.1. The number of aliphatic hydroxyl groups is 1. The number of carbonyl (C=O) groups excluding carboxylic acids is 2. The van der Waals surface area contributed by atoms with E-state index in [1.54, 1.807) is 39.8 Å². The Labute approximate surface area is 202 Å². The van der Waals surface area contributed by atoms with Gasteiger partial charge in [-0.05, 0) is 65.0 Å². The maximum absolute atomic E-state index is 13.1. The molecule has 192 valence electrons. The molecule has 0 saturated carbocycles. The molecular formula is C23H38N4O6S. The van der Waals surface area contributed by atoms with Crippen molar-refractivity contribution < 1.29 is 27.9 Å². The van der Waals surface area contributed by atoms with Crippen LogP contribution >= 0.6 is 0 Å². The molecule has 0 radical (unpaired) electrons. The second kappa shape index (κ2) is 11.5. The van der Waals surface area contributed by atoms with Crippen LogP contribution in [0.3, 0.4) is 0 Å². The van der Waals surface area contributed by atoms with E-state index in [-0.39, 0.29) is 17.5 Å². The third kappa shape index (κ3) is 7.92. The molecule has 1 aromatic heterocycles. The highest BCUT2D eigenvalue weighted by molar-refractivity contribution is 7.89. The first-order valence-electron chi connectivity index (χ1n) is 11.6. The van der Waals surface area contributed by atoms with Crippen LogP contribution in [-0.4, -0.2) is 71.2 Å². The van der Waals surface area contributed by atoms with Crippen molar-refractivity contribution in [3.05, 3.63) is 24.4 Å². The number of nitrogens with one attached hydrogen (secondary N) is 2. The minimum atomic E-state index is -3.91. The zero-order valence-electron chi connectivity index (χ0n) is 20.8. The molecule has 1 aliphatic heterocycles. The van der Waals surface area contributed by atoms with Crippen LogP contribution in [-0.2, 0) is 19.6 Å². The number of nitrogens with zero attached hydrogens (tertiary/aromatic N) is 2. The molecule has 1 aliphatic rings. The number of sulfonamides is 1. The van der Waals surface area contributed by atoms with Gasteiger partial charge in [0.05, 0.1) is 12.1 Å². The van der Waals surface area contributed by atoms with E-state index in [0.717, 1.165) is 0 Å². The molecule has 2 rings (SSSR count). The molecule has 1 fully saturated rings. The summed E-state index contributed by atoms with van der Waals surface area (Å²) in [5.74, 6) is -0.332. The average Bonchev–Trinajstić information content (AvgIpc) is 2.86. The molecular weight excluding hydrogens is 460 g/mol. The van der Waals surface area contributed by atoms with Gasteiger partial charge in [-0.15, -0.1) is 0 Å². The number of aliphatic hydroxyl groups excluding tert-OH is 1. The lowest BCUT2D eigenvalue weighted by atomic mass is 10.0. The minimum Gasteiger partial charge on any atom is -0.444 e. The van der Waals surface area contributed by atoms with Crippen molar-refractivity contribution in [2.24, 2.45) is 5.92 Å². The van der Waals surface area contributed by atoms with Gasteiger partial charge in [0.2, 0.25) is 5.91 Å². The van der Waals surface area contributed by atoms with Gasteiger partial charge in [-0.1, -0.05) is 19.9 Å². The molecule has 2 heterocycles. The van der Waals surface area contributed by atoms with E-state index in [1.165, 1.54) is 16.6 Å². The molecule has 4 atom stereocenters. The van der Waals surface area contributed by atoms with Crippen LogP contribution in [0.5, 0.6) is 0 Å². The highest BCUT2D eigenvalue weighted by Crippen LogP contribution is 2.24. The summed E-state index contributed by atoms with van der Waals surface area (Å²) in [5.41, 5.74) is -0.709. The third-order valence-electron chi connectivity index (χ3n) is 5.47. The van der Waals surface area contributed by atoms with E-state index in [2.05, 4.69) is 15.6 Å². The largest absolute Gasteiger partial charge is 0.444 e. The van der Waals surface area contributed by atoms with Crippen LogP contribution < -0.4 is 10.6 Å². The number of rotatable bonds is 7. The first-order chi connectivity index (χ1) is 15.7. The first kappa shape index (κ1) is 28.0. The van der Waals surface area contributed by atoms with Crippen LogP contribution in [0.2, 0.25) is 0 Å². The quantitative estimate of drug-likeness (QED) is 0.523. The summed E-state index contributed by atoms with van der Waals surface area (Å²) in [6, 6.07) is 2.72. The fourth-order valence-corrected chi connectivity index (χ4v) is 5.42. The van der Waals surface area contributed by atoms with E-state index in [1.807, 2.05) is 13.8 Å². The van der Waals surface area contributed by atoms with E-state index in [4.69, 9.17) is 4.74 Å². The maximum atomic E-state index is 13.1. The average molecular weight is 499 g/mol. The molecule has 34 heavy (non-hydrogen) atoms. The second-order valence-electron chi connectivity index (χ2n) is 10.2. The van der Waals surface area contributed by atoms with Crippen molar-refractivity contribution >= 4 is 22.0 Å². The summed E-state index contributed by atoms with van der Waals surface area (Å²) in [7, 11) is -3.91. The SMILES string of the molecule is CC(C)CC(NC(=O)OC(C)(C)C)C(=O)NC1CCC(C)N(S(=O)(=O)c2ccccn2)CC1O. The predicted octanol–water partition coefficient (Wildman–Crippen LogP) is 2.04. The van der Waals surface area contributed by atoms with Crippen molar-refractivity contribution in [3.8, 4) is 0 Å². The molecule has 0 bridgehead atoms. The van der Waals surface area contributed by atoms with E-state index >= 15 is 0 Å². The smallest absolute Gasteiger partial charge is 0.408 e. The summed E-state index contributed by atoms with van der Waals surface area (Å²) >= 11 is 0. The Kier molecular flexibility index (Phi) is 9.44. The number of alkyl carbamates (subject to hydrolysis) is 1. The number of amides is 2. The lowest BCUT2D eigenvalue weighted by Crippen LogP contribution is -2.54. The Morgan fingerprint density at radius 1 is 1.26 bits per heavy atom. The number of aromatic nitrogens is 1. The standard InChI is InChI=1S/C23H38N4O6S/c1-15(2)13-18(26-22(30)33-23(4,5)6)21(29)25-17-11-10-16(3)27(14-19(17)28)34(31,32)20-9-7-8-12-24-20/h7-9,12,15-19,28H,10-11,13-14H2,1-6H3,(H,25,29)(H,26,30). The Morgan fingerprint density at radius 3 is 2.50 bits per heavy atom. The monoisotopic (exact) mass is 498 g/mol. The molecule has 0 spiro atoms. The summed E-state index contributed by atoms with van der Waals surface area (Å²) in [4.78, 5) is 29.3. The number of ether oxygens (including phenoxy) is 1. The van der Waals surface area contributed by atoms with Gasteiger partial charge < -0.3 is 20.5 Å². The van der Waals surface area contributed by atoms with Crippen LogP contribution in [0, 0.1) is 5.92 Å². The Balaban J connectivity index is 2.13. The van der Waals surface area contributed by atoms with Gasteiger partial charge in [0.1, 0.15) is 11.6 Å². The Hall–Kier alpha value is -2.24. The Bertz CT molecular complexity index is 933. The van der Waals surface area contributed by atoms with Crippen molar-refractivity contribution in [1.82, 2.24) is 19.9 Å². The van der Waals surface area contributed by atoms with Crippen molar-refractivity contribution in [3.63, 3.8) is 0 Å². The maximum Gasteiger partial charge on any atom is 0.408 e. The number of β-amino-alcohol motifs (C(OH)–C–C–N with tert-alkyl or cyclic N) is 1. The topological polar surface area (TPSA) is 138 Å². The van der Waals surface area contributed by atoms with Crippen molar-refractivity contribution in [1.29, 1.82) is 0 Å². The number of pyridine rings is 1. The fourth-order valence-electron chi connectivity index (χ4n) is 3.81. The molecule has 10 nitrogen and oxygen atoms in total. The highest BCUT2D eigenvalue weighted by Gasteiger charge is 2.38. The molecule has 0 aromatic carbocycles. The Morgan fingerprint density at radius 2 is 1.94 bits per heavy atom. The first-order valence-corrected chi connectivity index (χ1v) is 13.1. The number of hydrogen-bond donors (Lipinski definition) is 3. The fraction of sp³-hybridized carbons (Fsp3) is 0.696. The van der Waals surface area contributed by atoms with E-state index in [9.17, 15) is 23.1 Å². The number of carbonyl (C=O) groups is 2. The third-order valence-corrected chi connectivity index (χ3v) is 7.37. The summed E-state index contributed by atoms with van der Waals surface area (Å²) in [5, 5.41) is 16.2. The second-order valence-corrected chi connectivity index (χ2v) is 12.0. The molecule has 1 aromatic rings. The van der Waals surface area contributed by atoms with Crippen LogP contribution in [0.1, 0.15) is 60.8 Å². The van der Waals surface area contributed by atoms with Crippen molar-refractivity contribution in [2.45, 2.75) is 95.7 Å². The molecule has 2 amide bonds. The summed E-state index contributed by atoms with van der Waals surface area (Å²) < 4.78 is 32.7. The lowest BCUT2D eigenvalue weighted by molar-refractivity contribution is -0.125. The lowest BCUT2D eigenvalue weighted by Gasteiger charge is -2.29. The predicted molar refractivity (Wildman–Crippen MR) is 127 cm³/mol. The highest BCUT2D eigenvalue weighted by atomic mass is 32.2. The van der Waals surface area contributed by atoms with Gasteiger partial charge >= 0.3 is 6.09 Å². The van der Waals surface area contributed by atoms with E-state index < -0.39 is 51.9 Å². The van der Waals surface area contributed by atoms with E-state index in [0.29, 0.717) is 19.3 Å². The van der Waals surface area contributed by atoms with Gasteiger partial charge in [-0.2, -0.15) is 4.31 Å². The van der Waals surface area contributed by atoms with Gasteiger partial charge in [0, 0.05) is 18.8 Å². The van der Waals surface area contributed by atoms with Gasteiger partial charge in [-0.3, -0.25) is 4.79 Å². The molecule has 11 heteroatoms. The molecule has 3 N–H and O–H groups in total. The molecule has 0 aliphatic carbocycles.